The van der Waals surface area contributed by atoms with E-state index >= 15 is 0 Å². The normalized spacial score (nSPS) is 11.2. The van der Waals surface area contributed by atoms with Gasteiger partial charge in [0.1, 0.15) is 12.0 Å². The number of aromatic nitrogens is 2. The summed E-state index contributed by atoms with van der Waals surface area (Å²) in [4.78, 5) is 31.9. The first-order valence-electron chi connectivity index (χ1n) is 13.4. The number of rotatable bonds is 15. The maximum absolute atomic E-state index is 12.5. The summed E-state index contributed by atoms with van der Waals surface area (Å²) in [5.41, 5.74) is 3.99. The van der Waals surface area contributed by atoms with E-state index in [-0.39, 0.29) is 18.0 Å². The molecule has 0 aliphatic rings. The Kier molecular flexibility index (Phi) is 10.6. The van der Waals surface area contributed by atoms with Crippen molar-refractivity contribution in [2.45, 2.75) is 38.5 Å². The summed E-state index contributed by atoms with van der Waals surface area (Å²) in [7, 11) is 0. The number of ether oxygens (including phenoxy) is 1. The second kappa shape index (κ2) is 15.0. The van der Waals surface area contributed by atoms with E-state index in [4.69, 9.17) is 14.3 Å². The fourth-order valence-corrected chi connectivity index (χ4v) is 4.12. The molecule has 0 spiro atoms. The molecule has 8 heteroatoms. The molecular formula is C32H33N3O5. The van der Waals surface area contributed by atoms with Gasteiger partial charge in [0.05, 0.1) is 6.61 Å². The molecule has 0 fully saturated rings. The molecule has 0 saturated heterocycles. The van der Waals surface area contributed by atoms with Gasteiger partial charge < -0.3 is 19.6 Å². The van der Waals surface area contributed by atoms with Gasteiger partial charge in [-0.25, -0.2) is 4.98 Å². The molecule has 1 amide bonds. The molecule has 0 saturated carbocycles. The van der Waals surface area contributed by atoms with Crippen LogP contribution in [0.2, 0.25) is 0 Å². The molecule has 0 bridgehead atoms. The minimum Gasteiger partial charge on any atom is -0.494 e. The Balaban J connectivity index is 1.31. The molecule has 0 atom stereocenters. The number of carbonyl (C=O) groups excluding carboxylic acids is 1. The number of unbranched alkanes of at least 4 members (excludes halogenated alkanes) is 3. The Bertz CT molecular complexity index is 1380. The van der Waals surface area contributed by atoms with E-state index in [1.54, 1.807) is 6.20 Å². The van der Waals surface area contributed by atoms with Gasteiger partial charge in [-0.3, -0.25) is 14.6 Å². The fraction of sp³-hybridized carbons (Fsp3) is 0.250. The van der Waals surface area contributed by atoms with E-state index in [0.29, 0.717) is 25.5 Å². The summed E-state index contributed by atoms with van der Waals surface area (Å²) < 4.78 is 11.3. The Morgan fingerprint density at radius 2 is 1.75 bits per heavy atom. The third-order valence-electron chi connectivity index (χ3n) is 6.21. The van der Waals surface area contributed by atoms with Crippen molar-refractivity contribution in [3.8, 4) is 17.2 Å². The number of pyridine rings is 1. The van der Waals surface area contributed by atoms with Gasteiger partial charge in [0.15, 0.2) is 5.69 Å². The molecule has 0 aliphatic heterocycles. The summed E-state index contributed by atoms with van der Waals surface area (Å²) in [5.74, 6) is 0.157. The molecule has 4 rings (SSSR count). The molecule has 0 aliphatic carbocycles. The van der Waals surface area contributed by atoms with Gasteiger partial charge >= 0.3 is 5.97 Å². The number of para-hydroxylation sites is 1. The van der Waals surface area contributed by atoms with Gasteiger partial charge in [-0.1, -0.05) is 42.5 Å². The largest absolute Gasteiger partial charge is 0.494 e. The van der Waals surface area contributed by atoms with Crippen LogP contribution in [0.1, 0.15) is 60.1 Å². The minimum absolute atomic E-state index is 0.171. The predicted octanol–water partition coefficient (Wildman–Crippen LogP) is 6.40. The van der Waals surface area contributed by atoms with Crippen LogP contribution >= 0.6 is 0 Å². The second-order valence-corrected chi connectivity index (χ2v) is 9.24. The Labute approximate surface area is 233 Å². The number of amides is 1. The van der Waals surface area contributed by atoms with Gasteiger partial charge in [-0.2, -0.15) is 0 Å². The van der Waals surface area contributed by atoms with Crippen molar-refractivity contribution in [2.75, 3.05) is 13.2 Å². The number of benzene rings is 2. The quantitative estimate of drug-likeness (QED) is 0.168. The van der Waals surface area contributed by atoms with E-state index < -0.39 is 5.97 Å². The van der Waals surface area contributed by atoms with Gasteiger partial charge in [-0.15, -0.1) is 0 Å². The van der Waals surface area contributed by atoms with Crippen molar-refractivity contribution in [1.29, 1.82) is 0 Å². The molecule has 8 nitrogen and oxygen atoms in total. The maximum Gasteiger partial charge on any atom is 0.303 e. The Morgan fingerprint density at radius 1 is 0.925 bits per heavy atom. The minimum atomic E-state index is -0.774. The van der Waals surface area contributed by atoms with Crippen molar-refractivity contribution in [3.63, 3.8) is 0 Å². The standard InChI is InChI=1S/C32H33N3O5/c36-30(37)14-6-2-5-13-28(26-10-9-19-33-22-26)24-15-17-25(18-16-24)32-35-29(23-40-32)31(38)34-20-7-8-21-39-27-11-3-1-4-12-27/h1,3-4,9-13,15-19,22-23H,2,5-8,14,20-21H2,(H,34,38)(H,36,37). The van der Waals surface area contributed by atoms with Crippen LogP contribution in [-0.4, -0.2) is 40.1 Å². The lowest BCUT2D eigenvalue weighted by Crippen LogP contribution is -2.25. The predicted molar refractivity (Wildman–Crippen MR) is 153 cm³/mol. The van der Waals surface area contributed by atoms with Crippen molar-refractivity contribution in [2.24, 2.45) is 0 Å². The lowest BCUT2D eigenvalue weighted by atomic mass is 9.96. The molecular weight excluding hydrogens is 506 g/mol. The third-order valence-corrected chi connectivity index (χ3v) is 6.21. The van der Waals surface area contributed by atoms with Gasteiger partial charge in [0, 0.05) is 36.5 Å². The van der Waals surface area contributed by atoms with Crippen LogP contribution in [0.5, 0.6) is 5.75 Å². The maximum atomic E-state index is 12.5. The second-order valence-electron chi connectivity index (χ2n) is 9.24. The molecule has 40 heavy (non-hydrogen) atoms. The first-order valence-corrected chi connectivity index (χ1v) is 13.4. The van der Waals surface area contributed by atoms with Crippen molar-refractivity contribution in [3.05, 3.63) is 108 Å². The molecule has 0 radical (unpaired) electrons. The first-order chi connectivity index (χ1) is 19.6. The Morgan fingerprint density at radius 3 is 2.50 bits per heavy atom. The average Bonchev–Trinajstić information content (AvgIpc) is 3.48. The number of nitrogens with zero attached hydrogens (tertiary/aromatic N) is 2. The van der Waals surface area contributed by atoms with Crippen LogP contribution in [0.15, 0.2) is 95.9 Å². The molecule has 4 aromatic rings. The number of nitrogens with one attached hydrogen (secondary N) is 1. The van der Waals surface area contributed by atoms with E-state index in [9.17, 15) is 9.59 Å². The summed E-state index contributed by atoms with van der Waals surface area (Å²) in [6.07, 6.45) is 11.0. The zero-order chi connectivity index (χ0) is 28.0. The molecule has 2 aromatic heterocycles. The van der Waals surface area contributed by atoms with Crippen LogP contribution < -0.4 is 10.1 Å². The fourth-order valence-electron chi connectivity index (χ4n) is 4.12. The van der Waals surface area contributed by atoms with Crippen molar-refractivity contribution >= 4 is 17.4 Å². The highest BCUT2D eigenvalue weighted by Gasteiger charge is 2.14. The van der Waals surface area contributed by atoms with Crippen LogP contribution in [0.25, 0.3) is 17.0 Å². The van der Waals surface area contributed by atoms with Gasteiger partial charge in [0.2, 0.25) is 5.89 Å². The number of allylic oxidation sites excluding steroid dienone is 1. The van der Waals surface area contributed by atoms with Gasteiger partial charge in [0.25, 0.3) is 5.91 Å². The summed E-state index contributed by atoms with van der Waals surface area (Å²) in [6.45, 7) is 1.11. The number of hydrogen-bond acceptors (Lipinski definition) is 6. The number of oxazole rings is 1. The first kappa shape index (κ1) is 28.3. The molecule has 0 unspecified atom stereocenters. The molecule has 206 valence electrons. The molecule has 2 N–H and O–H groups in total. The van der Waals surface area contributed by atoms with E-state index in [0.717, 1.165) is 53.7 Å². The molecule has 2 aromatic carbocycles. The highest BCUT2D eigenvalue weighted by atomic mass is 16.5. The van der Waals surface area contributed by atoms with Crippen LogP contribution in [-0.2, 0) is 4.79 Å². The molecule has 2 heterocycles. The van der Waals surface area contributed by atoms with Crippen LogP contribution in [0.4, 0.5) is 0 Å². The summed E-state index contributed by atoms with van der Waals surface area (Å²) >= 11 is 0. The highest BCUT2D eigenvalue weighted by molar-refractivity contribution is 5.92. The number of carbonyl (C=O) groups is 2. The van der Waals surface area contributed by atoms with E-state index in [2.05, 4.69) is 21.4 Å². The average molecular weight is 540 g/mol. The number of carboxylic acid groups (broad SMARTS) is 1. The topological polar surface area (TPSA) is 115 Å². The smallest absolute Gasteiger partial charge is 0.303 e. The van der Waals surface area contributed by atoms with Crippen molar-refractivity contribution < 1.29 is 23.8 Å². The van der Waals surface area contributed by atoms with Crippen LogP contribution in [0.3, 0.4) is 0 Å². The van der Waals surface area contributed by atoms with Gasteiger partial charge in [-0.05, 0) is 73.6 Å². The Hall–Kier alpha value is -4.72. The van der Waals surface area contributed by atoms with E-state index in [1.807, 2.05) is 72.9 Å². The monoisotopic (exact) mass is 539 g/mol. The summed E-state index contributed by atoms with van der Waals surface area (Å²) in [5, 5.41) is 11.7. The zero-order valence-corrected chi connectivity index (χ0v) is 22.3. The summed E-state index contributed by atoms with van der Waals surface area (Å²) in [6, 6.07) is 21.3. The van der Waals surface area contributed by atoms with Crippen LogP contribution in [0, 0.1) is 0 Å². The zero-order valence-electron chi connectivity index (χ0n) is 22.3. The number of carboxylic acids is 1. The van der Waals surface area contributed by atoms with E-state index in [1.165, 1.54) is 6.26 Å². The van der Waals surface area contributed by atoms with Crippen molar-refractivity contribution in [1.82, 2.24) is 15.3 Å². The third kappa shape index (κ3) is 8.66. The number of aliphatic carboxylic acids is 1. The lowest BCUT2D eigenvalue weighted by Gasteiger charge is -2.09. The highest BCUT2D eigenvalue weighted by Crippen LogP contribution is 2.27. The SMILES string of the molecule is O=C(O)CCCCC=C(c1ccc(-c2nc(C(=O)NCCCCOc3ccccc3)co2)cc1)c1cccnc1. The number of hydrogen-bond donors (Lipinski definition) is 2. The lowest BCUT2D eigenvalue weighted by molar-refractivity contribution is -0.137.